The molecule has 0 unspecified atom stereocenters. The maximum Gasteiger partial charge on any atom is 0.329 e. The number of benzene rings is 2. The van der Waals surface area contributed by atoms with Crippen molar-refractivity contribution in [1.82, 2.24) is 0 Å². The third-order valence-electron chi connectivity index (χ3n) is 6.88. The topological polar surface area (TPSA) is 55.8 Å². The van der Waals surface area contributed by atoms with E-state index in [0.717, 1.165) is 30.6 Å². The number of halogens is 1. The molecule has 3 aliphatic heterocycles. The summed E-state index contributed by atoms with van der Waals surface area (Å²) in [6.45, 7) is 3.95. The lowest BCUT2D eigenvalue weighted by Crippen LogP contribution is -2.67. The van der Waals surface area contributed by atoms with Gasteiger partial charge in [0, 0.05) is 37.5 Å². The Morgan fingerprint density at radius 2 is 1.77 bits per heavy atom. The first kappa shape index (κ1) is 20.4. The number of carbonyl (C=O) groups is 2. The van der Waals surface area contributed by atoms with Gasteiger partial charge in [0.1, 0.15) is 0 Å². The predicted octanol–water partition coefficient (Wildman–Crippen LogP) is 4.55. The lowest BCUT2D eigenvalue weighted by atomic mass is 9.65. The standard InChI is InChI=1S/C25H26ClNO4/c1-24(2)30-22(28)25(23(29)31-24)15-18-8-9-19(26)14-20(18)27-11-10-17(13-21(25)27)12-16-6-4-3-5-7-16/h3-9,14,17,21H,10-13,15H2,1-2H3/t17-,21+/m1/s1. The summed E-state index contributed by atoms with van der Waals surface area (Å²) in [6.07, 6.45) is 2.88. The van der Waals surface area contributed by atoms with Crippen molar-refractivity contribution in [3.8, 4) is 0 Å². The number of ether oxygens (including phenoxy) is 2. The van der Waals surface area contributed by atoms with Crippen molar-refractivity contribution < 1.29 is 19.1 Å². The summed E-state index contributed by atoms with van der Waals surface area (Å²) in [5, 5.41) is 0.648. The molecule has 0 aromatic heterocycles. The predicted molar refractivity (Wildman–Crippen MR) is 118 cm³/mol. The quantitative estimate of drug-likeness (QED) is 0.507. The van der Waals surface area contributed by atoms with Gasteiger partial charge in [0.25, 0.3) is 5.79 Å². The minimum Gasteiger partial charge on any atom is -0.422 e. The van der Waals surface area contributed by atoms with Gasteiger partial charge < -0.3 is 14.4 Å². The van der Waals surface area contributed by atoms with Crippen molar-refractivity contribution in [3.63, 3.8) is 0 Å². The van der Waals surface area contributed by atoms with Crippen molar-refractivity contribution >= 4 is 29.2 Å². The Bertz CT molecular complexity index is 1020. The van der Waals surface area contributed by atoms with Gasteiger partial charge in [-0.15, -0.1) is 0 Å². The fourth-order valence-corrected chi connectivity index (χ4v) is 5.61. The molecule has 1 spiro atoms. The highest BCUT2D eigenvalue weighted by molar-refractivity contribution is 6.30. The zero-order valence-electron chi connectivity index (χ0n) is 17.8. The molecule has 2 aromatic rings. The highest BCUT2D eigenvalue weighted by atomic mass is 35.5. The molecule has 0 amide bonds. The molecule has 162 valence electrons. The summed E-state index contributed by atoms with van der Waals surface area (Å²) in [7, 11) is 0. The zero-order chi connectivity index (χ0) is 21.8. The van der Waals surface area contributed by atoms with Gasteiger partial charge in [-0.3, -0.25) is 9.59 Å². The number of piperidine rings is 1. The number of hydrogen-bond acceptors (Lipinski definition) is 5. The molecule has 0 N–H and O–H groups in total. The van der Waals surface area contributed by atoms with Crippen molar-refractivity contribution in [1.29, 1.82) is 0 Å². The second-order valence-corrected chi connectivity index (χ2v) is 9.83. The summed E-state index contributed by atoms with van der Waals surface area (Å²) < 4.78 is 11.3. The van der Waals surface area contributed by atoms with Gasteiger partial charge in [-0.1, -0.05) is 48.0 Å². The van der Waals surface area contributed by atoms with Gasteiger partial charge in [0.15, 0.2) is 5.41 Å². The van der Waals surface area contributed by atoms with Crippen LogP contribution in [0.2, 0.25) is 5.02 Å². The van der Waals surface area contributed by atoms with Gasteiger partial charge in [0.2, 0.25) is 0 Å². The molecule has 0 radical (unpaired) electrons. The van der Waals surface area contributed by atoms with E-state index in [2.05, 4.69) is 17.0 Å². The molecule has 5 nitrogen and oxygen atoms in total. The SMILES string of the molecule is CC1(C)OC(=O)C2(Cc3ccc(Cl)cc3N3CC[C@H](Cc4ccccc4)C[C@H]32)C(=O)O1. The van der Waals surface area contributed by atoms with Gasteiger partial charge in [-0.05, 0) is 48.4 Å². The normalized spacial score (nSPS) is 26.0. The molecular formula is C25H26ClNO4. The Morgan fingerprint density at radius 1 is 1.06 bits per heavy atom. The molecule has 6 heteroatoms. The lowest BCUT2D eigenvalue weighted by molar-refractivity contribution is -0.253. The average molecular weight is 440 g/mol. The third kappa shape index (κ3) is 3.39. The number of hydrogen-bond donors (Lipinski definition) is 0. The number of nitrogens with zero attached hydrogens (tertiary/aromatic N) is 1. The smallest absolute Gasteiger partial charge is 0.329 e. The Kier molecular flexibility index (Phi) is 4.78. The van der Waals surface area contributed by atoms with Crippen molar-refractivity contribution in [3.05, 3.63) is 64.7 Å². The third-order valence-corrected chi connectivity index (χ3v) is 7.11. The lowest BCUT2D eigenvalue weighted by Gasteiger charge is -2.54. The van der Waals surface area contributed by atoms with Gasteiger partial charge in [0.05, 0.1) is 6.04 Å². The van der Waals surface area contributed by atoms with E-state index in [9.17, 15) is 9.59 Å². The maximum absolute atomic E-state index is 13.4. The van der Waals surface area contributed by atoms with Crippen LogP contribution in [0.3, 0.4) is 0 Å². The Hall–Kier alpha value is -2.53. The Labute approximate surface area is 187 Å². The maximum atomic E-state index is 13.4. The van der Waals surface area contributed by atoms with E-state index < -0.39 is 23.1 Å². The van der Waals surface area contributed by atoms with Gasteiger partial charge in [-0.25, -0.2) is 0 Å². The van der Waals surface area contributed by atoms with Crippen LogP contribution in [-0.4, -0.2) is 30.3 Å². The van der Waals surface area contributed by atoms with Crippen LogP contribution in [0, 0.1) is 11.3 Å². The number of anilines is 1. The molecular weight excluding hydrogens is 414 g/mol. The zero-order valence-corrected chi connectivity index (χ0v) is 18.5. The van der Waals surface area contributed by atoms with E-state index in [1.165, 1.54) is 5.56 Å². The van der Waals surface area contributed by atoms with Crippen LogP contribution in [0.25, 0.3) is 0 Å². The van der Waals surface area contributed by atoms with E-state index in [1.807, 2.05) is 30.3 Å². The molecule has 2 saturated heterocycles. The summed E-state index contributed by atoms with van der Waals surface area (Å²) >= 11 is 6.31. The molecule has 2 fully saturated rings. The van der Waals surface area contributed by atoms with Crippen LogP contribution in [0.15, 0.2) is 48.5 Å². The Balaban J connectivity index is 1.55. The number of carbonyl (C=O) groups excluding carboxylic acids is 2. The largest absolute Gasteiger partial charge is 0.422 e. The number of cyclic esters (lactones) is 2. The molecule has 0 aliphatic carbocycles. The summed E-state index contributed by atoms with van der Waals surface area (Å²) in [5.41, 5.74) is 1.85. The molecule has 3 aliphatic rings. The van der Waals surface area contributed by atoms with E-state index in [0.29, 0.717) is 17.4 Å². The van der Waals surface area contributed by atoms with E-state index in [4.69, 9.17) is 21.1 Å². The number of fused-ring (bicyclic) bond motifs is 4. The molecule has 2 aromatic carbocycles. The molecule has 0 saturated carbocycles. The van der Waals surface area contributed by atoms with Crippen LogP contribution in [0.5, 0.6) is 0 Å². The molecule has 3 heterocycles. The first-order chi connectivity index (χ1) is 14.8. The minimum atomic E-state index is -1.36. The fraction of sp³-hybridized carbons (Fsp3) is 0.440. The first-order valence-corrected chi connectivity index (χ1v) is 11.2. The Morgan fingerprint density at radius 3 is 2.48 bits per heavy atom. The average Bonchev–Trinajstić information content (AvgIpc) is 2.72. The van der Waals surface area contributed by atoms with E-state index >= 15 is 0 Å². The first-order valence-electron chi connectivity index (χ1n) is 10.8. The molecule has 5 rings (SSSR count). The van der Waals surface area contributed by atoms with Crippen LogP contribution >= 0.6 is 11.6 Å². The molecule has 2 atom stereocenters. The van der Waals surface area contributed by atoms with Gasteiger partial charge in [-0.2, -0.15) is 0 Å². The van der Waals surface area contributed by atoms with Crippen LogP contribution in [0.4, 0.5) is 5.69 Å². The van der Waals surface area contributed by atoms with Crippen LogP contribution < -0.4 is 4.90 Å². The van der Waals surface area contributed by atoms with Gasteiger partial charge >= 0.3 is 11.9 Å². The molecule has 31 heavy (non-hydrogen) atoms. The van der Waals surface area contributed by atoms with E-state index in [1.54, 1.807) is 19.9 Å². The number of rotatable bonds is 2. The number of esters is 2. The highest BCUT2D eigenvalue weighted by Crippen LogP contribution is 2.51. The van der Waals surface area contributed by atoms with Crippen molar-refractivity contribution in [2.75, 3.05) is 11.4 Å². The monoisotopic (exact) mass is 439 g/mol. The highest BCUT2D eigenvalue weighted by Gasteiger charge is 2.64. The summed E-state index contributed by atoms with van der Waals surface area (Å²) in [6, 6.07) is 15.7. The minimum absolute atomic E-state index is 0.270. The van der Waals surface area contributed by atoms with Crippen LogP contribution in [0.1, 0.15) is 37.8 Å². The fourth-order valence-electron chi connectivity index (χ4n) is 5.45. The summed E-state index contributed by atoms with van der Waals surface area (Å²) in [4.78, 5) is 29.0. The second-order valence-electron chi connectivity index (χ2n) is 9.39. The van der Waals surface area contributed by atoms with Crippen molar-refractivity contribution in [2.24, 2.45) is 11.3 Å². The summed E-state index contributed by atoms with van der Waals surface area (Å²) in [5.74, 6) is -1.85. The molecule has 0 bridgehead atoms. The van der Waals surface area contributed by atoms with Crippen LogP contribution in [-0.2, 0) is 31.9 Å². The van der Waals surface area contributed by atoms with E-state index in [-0.39, 0.29) is 12.5 Å². The second kappa shape index (κ2) is 7.27. The van der Waals surface area contributed by atoms with Crippen molar-refractivity contribution in [2.45, 2.75) is 51.4 Å².